The molecule has 0 spiro atoms. The van der Waals surface area contributed by atoms with Gasteiger partial charge in [-0.05, 0) is 31.0 Å². The van der Waals surface area contributed by atoms with Crippen molar-refractivity contribution in [2.45, 2.75) is 44.0 Å². The molecule has 0 aliphatic carbocycles. The minimum absolute atomic E-state index is 0.344. The maximum atomic E-state index is 12.9. The normalized spacial score (nSPS) is 17.3. The first kappa shape index (κ1) is 25.1. The summed E-state index contributed by atoms with van der Waals surface area (Å²) in [6, 6.07) is 1.77. The van der Waals surface area contributed by atoms with Crippen molar-refractivity contribution in [1.29, 1.82) is 0 Å². The van der Waals surface area contributed by atoms with Gasteiger partial charge in [0.2, 0.25) is 10.0 Å². The quantitative estimate of drug-likeness (QED) is 0.615. The van der Waals surface area contributed by atoms with Crippen LogP contribution in [0, 0.1) is 5.92 Å². The van der Waals surface area contributed by atoms with Gasteiger partial charge in [0.25, 0.3) is 5.91 Å². The Morgan fingerprint density at radius 3 is 2.32 bits per heavy atom. The summed E-state index contributed by atoms with van der Waals surface area (Å²) in [7, 11) is -4.47. The van der Waals surface area contributed by atoms with Crippen LogP contribution in [0.1, 0.15) is 26.3 Å². The zero-order valence-electron chi connectivity index (χ0n) is 17.3. The van der Waals surface area contributed by atoms with E-state index in [1.165, 1.54) is 25.7 Å². The Morgan fingerprint density at radius 2 is 1.77 bits per heavy atom. The molecule has 0 bridgehead atoms. The number of benzene rings is 1. The molecule has 0 aromatic heterocycles. The van der Waals surface area contributed by atoms with E-state index in [9.17, 15) is 31.2 Å². The van der Waals surface area contributed by atoms with Crippen LogP contribution in [-0.2, 0) is 35.3 Å². The number of rotatable bonds is 7. The van der Waals surface area contributed by atoms with Crippen LogP contribution in [0.3, 0.4) is 0 Å². The Bertz CT molecular complexity index is 898. The highest BCUT2D eigenvalue weighted by molar-refractivity contribution is 7.89. The number of esters is 1. The predicted molar refractivity (Wildman–Crippen MR) is 103 cm³/mol. The first-order valence-electron chi connectivity index (χ1n) is 9.59. The van der Waals surface area contributed by atoms with E-state index < -0.39 is 56.6 Å². The smallest absolute Gasteiger partial charge is 0.416 e. The molecule has 8 nitrogen and oxygen atoms in total. The van der Waals surface area contributed by atoms with Gasteiger partial charge in [-0.3, -0.25) is 9.59 Å². The van der Waals surface area contributed by atoms with E-state index >= 15 is 0 Å². The zero-order chi connectivity index (χ0) is 23.4. The van der Waals surface area contributed by atoms with Gasteiger partial charge in [-0.15, -0.1) is 0 Å². The second kappa shape index (κ2) is 9.96. The van der Waals surface area contributed by atoms with Crippen LogP contribution in [-0.4, -0.2) is 63.6 Å². The molecule has 1 amide bonds. The molecular formula is C19H25F3N2O6S. The Balaban J connectivity index is 2.14. The molecule has 31 heavy (non-hydrogen) atoms. The van der Waals surface area contributed by atoms with Crippen LogP contribution in [0.25, 0.3) is 0 Å². The summed E-state index contributed by atoms with van der Waals surface area (Å²) in [5.74, 6) is -2.04. The van der Waals surface area contributed by atoms with Crippen molar-refractivity contribution in [2.75, 3.05) is 26.3 Å². The number of halogens is 3. The van der Waals surface area contributed by atoms with Crippen molar-refractivity contribution >= 4 is 21.9 Å². The molecule has 174 valence electrons. The Labute approximate surface area is 178 Å². The van der Waals surface area contributed by atoms with Crippen LogP contribution < -0.4 is 4.72 Å². The lowest BCUT2D eigenvalue weighted by atomic mass is 10.1. The van der Waals surface area contributed by atoms with Crippen molar-refractivity contribution in [1.82, 2.24) is 9.62 Å². The fraction of sp³-hybridized carbons (Fsp3) is 0.579. The predicted octanol–water partition coefficient (Wildman–Crippen LogP) is 1.80. The van der Waals surface area contributed by atoms with Crippen LogP contribution in [0.5, 0.6) is 0 Å². The highest BCUT2D eigenvalue weighted by Gasteiger charge is 2.35. The first-order valence-corrected chi connectivity index (χ1v) is 11.1. The fourth-order valence-corrected chi connectivity index (χ4v) is 4.25. The molecule has 1 aliphatic rings. The lowest BCUT2D eigenvalue weighted by Gasteiger charge is -2.30. The number of carbonyl (C=O) groups is 2. The van der Waals surface area contributed by atoms with E-state index in [1.54, 1.807) is 0 Å². The van der Waals surface area contributed by atoms with Crippen LogP contribution in [0.4, 0.5) is 13.2 Å². The molecule has 2 atom stereocenters. The van der Waals surface area contributed by atoms with Gasteiger partial charge in [-0.1, -0.05) is 19.9 Å². The summed E-state index contributed by atoms with van der Waals surface area (Å²) in [5.41, 5.74) is -1.14. The second-order valence-corrected chi connectivity index (χ2v) is 9.10. The lowest BCUT2D eigenvalue weighted by Crippen LogP contribution is -2.49. The van der Waals surface area contributed by atoms with Crippen LogP contribution >= 0.6 is 0 Å². The minimum atomic E-state index is -4.73. The number of ether oxygens (including phenoxy) is 2. The number of alkyl halides is 3. The summed E-state index contributed by atoms with van der Waals surface area (Å²) in [6.45, 7) is 5.85. The van der Waals surface area contributed by atoms with E-state index in [-0.39, 0.29) is 0 Å². The number of carbonyl (C=O) groups excluding carboxylic acids is 2. The van der Waals surface area contributed by atoms with Crippen molar-refractivity contribution in [3.05, 3.63) is 29.8 Å². The Morgan fingerprint density at radius 1 is 1.16 bits per heavy atom. The number of hydrogen-bond acceptors (Lipinski definition) is 6. The standard InChI is InChI=1S/C19H25F3N2O6S/c1-12(2)16(18(26)30-13(3)17(25)24-7-9-29-10-8-24)23-31(27,28)15-6-4-5-14(11-15)19(20,21)22/h4-6,11-13,16,23H,7-10H2,1-3H3/t13-,16+/m0/s1. The number of hydrogen-bond donors (Lipinski definition) is 1. The maximum absolute atomic E-state index is 12.9. The van der Waals surface area contributed by atoms with E-state index in [1.807, 2.05) is 0 Å². The van der Waals surface area contributed by atoms with E-state index in [0.29, 0.717) is 32.4 Å². The van der Waals surface area contributed by atoms with Gasteiger partial charge in [0, 0.05) is 13.1 Å². The summed E-state index contributed by atoms with van der Waals surface area (Å²) in [5, 5.41) is 0. The van der Waals surface area contributed by atoms with Gasteiger partial charge >= 0.3 is 12.1 Å². The topological polar surface area (TPSA) is 102 Å². The number of nitrogens with zero attached hydrogens (tertiary/aromatic N) is 1. The third-order valence-electron chi connectivity index (χ3n) is 4.64. The average molecular weight is 466 g/mol. The number of amides is 1. The molecule has 2 rings (SSSR count). The monoisotopic (exact) mass is 466 g/mol. The number of morpholine rings is 1. The highest BCUT2D eigenvalue weighted by Crippen LogP contribution is 2.30. The van der Waals surface area contributed by atoms with E-state index in [4.69, 9.17) is 9.47 Å². The van der Waals surface area contributed by atoms with Gasteiger partial charge in [0.1, 0.15) is 6.04 Å². The summed E-state index contributed by atoms with van der Waals surface area (Å²) < 4.78 is 76.4. The molecule has 12 heteroatoms. The Kier molecular flexibility index (Phi) is 8.06. The minimum Gasteiger partial charge on any atom is -0.451 e. The average Bonchev–Trinajstić information content (AvgIpc) is 2.71. The fourth-order valence-electron chi connectivity index (χ4n) is 2.87. The maximum Gasteiger partial charge on any atom is 0.416 e. The van der Waals surface area contributed by atoms with Gasteiger partial charge in [-0.2, -0.15) is 17.9 Å². The van der Waals surface area contributed by atoms with Gasteiger partial charge in [-0.25, -0.2) is 8.42 Å². The van der Waals surface area contributed by atoms with Crippen molar-refractivity contribution in [3.8, 4) is 0 Å². The molecule has 1 aliphatic heterocycles. The third kappa shape index (κ3) is 6.65. The van der Waals surface area contributed by atoms with Gasteiger partial charge < -0.3 is 14.4 Å². The second-order valence-electron chi connectivity index (χ2n) is 7.39. The summed E-state index contributed by atoms with van der Waals surface area (Å²) >= 11 is 0. The summed E-state index contributed by atoms with van der Waals surface area (Å²) in [4.78, 5) is 25.8. The number of nitrogens with one attached hydrogen (secondary N) is 1. The molecule has 1 aromatic rings. The van der Waals surface area contributed by atoms with E-state index in [0.717, 1.165) is 18.2 Å². The highest BCUT2D eigenvalue weighted by atomic mass is 32.2. The molecule has 1 aromatic carbocycles. The van der Waals surface area contributed by atoms with Crippen molar-refractivity contribution in [3.63, 3.8) is 0 Å². The lowest BCUT2D eigenvalue weighted by molar-refractivity contribution is -0.162. The number of sulfonamides is 1. The van der Waals surface area contributed by atoms with Gasteiger partial charge in [0.05, 0.1) is 23.7 Å². The molecule has 1 fully saturated rings. The van der Waals surface area contributed by atoms with Crippen LogP contribution in [0.2, 0.25) is 0 Å². The molecule has 0 unspecified atom stereocenters. The molecule has 1 saturated heterocycles. The third-order valence-corrected chi connectivity index (χ3v) is 6.08. The zero-order valence-corrected chi connectivity index (χ0v) is 18.1. The SMILES string of the molecule is CC(C)[C@@H](NS(=O)(=O)c1cccc(C(F)(F)F)c1)C(=O)O[C@@H](C)C(=O)N1CCOCC1. The molecule has 0 radical (unpaired) electrons. The molecule has 0 saturated carbocycles. The Hall–Kier alpha value is -2.18. The summed E-state index contributed by atoms with van der Waals surface area (Å²) in [6.07, 6.45) is -5.89. The van der Waals surface area contributed by atoms with Crippen LogP contribution in [0.15, 0.2) is 29.2 Å². The van der Waals surface area contributed by atoms with Crippen molar-refractivity contribution in [2.24, 2.45) is 5.92 Å². The van der Waals surface area contributed by atoms with Crippen molar-refractivity contribution < 1.29 is 40.7 Å². The molecular weight excluding hydrogens is 441 g/mol. The first-order chi connectivity index (χ1) is 14.3. The molecule has 1 heterocycles. The van der Waals surface area contributed by atoms with E-state index in [2.05, 4.69) is 4.72 Å². The van der Waals surface area contributed by atoms with Gasteiger partial charge in [0.15, 0.2) is 6.10 Å². The molecule has 1 N–H and O–H groups in total. The largest absolute Gasteiger partial charge is 0.451 e.